The van der Waals surface area contributed by atoms with Gasteiger partial charge in [-0.25, -0.2) is 4.68 Å². The summed E-state index contributed by atoms with van der Waals surface area (Å²) >= 11 is 6.00. The molecule has 3 nitrogen and oxygen atoms in total. The summed E-state index contributed by atoms with van der Waals surface area (Å²) < 4.78 is 1.90. The first-order valence-electron chi connectivity index (χ1n) is 6.34. The molecule has 0 aliphatic carbocycles. The second-order valence-electron chi connectivity index (χ2n) is 4.74. The van der Waals surface area contributed by atoms with Gasteiger partial charge in [0.15, 0.2) is 0 Å². The van der Waals surface area contributed by atoms with E-state index in [0.717, 1.165) is 23.8 Å². The second-order valence-corrected chi connectivity index (χ2v) is 5.18. The number of halogens is 1. The SMILES string of the molecule is Clc1cccc(-n2cc(C3CCCNC3)cn2)c1. The van der Waals surface area contributed by atoms with Gasteiger partial charge < -0.3 is 5.32 Å². The summed E-state index contributed by atoms with van der Waals surface area (Å²) in [7, 11) is 0. The molecule has 1 aromatic heterocycles. The van der Waals surface area contributed by atoms with Crippen molar-refractivity contribution < 1.29 is 0 Å². The molecule has 1 atom stereocenters. The molecule has 1 aliphatic rings. The van der Waals surface area contributed by atoms with Gasteiger partial charge in [0, 0.05) is 17.8 Å². The van der Waals surface area contributed by atoms with Crippen molar-refractivity contribution in [2.45, 2.75) is 18.8 Å². The number of benzene rings is 1. The molecule has 2 heterocycles. The minimum atomic E-state index is 0.590. The van der Waals surface area contributed by atoms with Crippen molar-refractivity contribution in [2.24, 2.45) is 0 Å². The van der Waals surface area contributed by atoms with E-state index in [1.807, 2.05) is 35.1 Å². The highest BCUT2D eigenvalue weighted by Crippen LogP contribution is 2.23. The lowest BCUT2D eigenvalue weighted by Gasteiger charge is -2.21. The summed E-state index contributed by atoms with van der Waals surface area (Å²) in [5.74, 6) is 0.590. The van der Waals surface area contributed by atoms with E-state index >= 15 is 0 Å². The third kappa shape index (κ3) is 2.42. The summed E-state index contributed by atoms with van der Waals surface area (Å²) in [6, 6.07) is 7.76. The molecule has 1 aromatic carbocycles. The van der Waals surface area contributed by atoms with Crippen LogP contribution in [-0.2, 0) is 0 Å². The average Bonchev–Trinajstić information content (AvgIpc) is 2.89. The minimum Gasteiger partial charge on any atom is -0.316 e. The maximum absolute atomic E-state index is 6.00. The summed E-state index contributed by atoms with van der Waals surface area (Å²) in [5, 5.41) is 8.61. The van der Waals surface area contributed by atoms with Gasteiger partial charge >= 0.3 is 0 Å². The molecule has 1 unspecified atom stereocenters. The number of hydrogen-bond donors (Lipinski definition) is 1. The number of nitrogens with one attached hydrogen (secondary N) is 1. The first kappa shape index (κ1) is 11.8. The number of rotatable bonds is 2. The molecule has 0 radical (unpaired) electrons. The van der Waals surface area contributed by atoms with Gasteiger partial charge in [0.1, 0.15) is 0 Å². The highest BCUT2D eigenvalue weighted by molar-refractivity contribution is 6.30. The molecule has 0 bridgehead atoms. The summed E-state index contributed by atoms with van der Waals surface area (Å²) in [4.78, 5) is 0. The molecule has 18 heavy (non-hydrogen) atoms. The van der Waals surface area contributed by atoms with Crippen LogP contribution in [-0.4, -0.2) is 22.9 Å². The van der Waals surface area contributed by atoms with E-state index in [9.17, 15) is 0 Å². The van der Waals surface area contributed by atoms with Gasteiger partial charge in [0.2, 0.25) is 0 Å². The van der Waals surface area contributed by atoms with Crippen LogP contribution < -0.4 is 5.32 Å². The van der Waals surface area contributed by atoms with Crippen molar-refractivity contribution >= 4 is 11.6 Å². The molecule has 0 amide bonds. The lowest BCUT2D eigenvalue weighted by atomic mass is 9.94. The Balaban J connectivity index is 1.84. The molecule has 4 heteroatoms. The van der Waals surface area contributed by atoms with Gasteiger partial charge in [-0.2, -0.15) is 5.10 Å². The highest BCUT2D eigenvalue weighted by atomic mass is 35.5. The monoisotopic (exact) mass is 261 g/mol. The third-order valence-corrected chi connectivity index (χ3v) is 3.68. The van der Waals surface area contributed by atoms with E-state index in [0.29, 0.717) is 5.92 Å². The molecule has 0 saturated carbocycles. The van der Waals surface area contributed by atoms with Gasteiger partial charge in [-0.1, -0.05) is 17.7 Å². The molecular weight excluding hydrogens is 246 g/mol. The normalized spacial score (nSPS) is 19.9. The van der Waals surface area contributed by atoms with E-state index in [-0.39, 0.29) is 0 Å². The summed E-state index contributed by atoms with van der Waals surface area (Å²) in [6.45, 7) is 2.19. The van der Waals surface area contributed by atoms with Gasteiger partial charge in [-0.3, -0.25) is 0 Å². The zero-order chi connectivity index (χ0) is 12.4. The van der Waals surface area contributed by atoms with Gasteiger partial charge in [0.05, 0.1) is 11.9 Å². The van der Waals surface area contributed by atoms with Crippen LogP contribution in [0.5, 0.6) is 0 Å². The van der Waals surface area contributed by atoms with Gasteiger partial charge in [-0.15, -0.1) is 0 Å². The number of nitrogens with zero attached hydrogens (tertiary/aromatic N) is 2. The standard InChI is InChI=1S/C14H16ClN3/c15-13-4-1-5-14(7-13)18-10-12(9-17-18)11-3-2-6-16-8-11/h1,4-5,7,9-11,16H,2-3,6,8H2. The Morgan fingerprint density at radius 2 is 2.33 bits per heavy atom. The Kier molecular flexibility index (Phi) is 3.35. The van der Waals surface area contributed by atoms with Crippen LogP contribution >= 0.6 is 11.6 Å². The molecule has 2 aromatic rings. The molecule has 1 fully saturated rings. The number of hydrogen-bond acceptors (Lipinski definition) is 2. The lowest BCUT2D eigenvalue weighted by Crippen LogP contribution is -2.28. The number of piperidine rings is 1. The minimum absolute atomic E-state index is 0.590. The van der Waals surface area contributed by atoms with E-state index in [1.54, 1.807) is 0 Å². The molecule has 94 valence electrons. The summed E-state index contributed by atoms with van der Waals surface area (Å²) in [5.41, 5.74) is 2.32. The highest BCUT2D eigenvalue weighted by Gasteiger charge is 2.16. The van der Waals surface area contributed by atoms with Crippen LogP contribution in [0.25, 0.3) is 5.69 Å². The topological polar surface area (TPSA) is 29.9 Å². The largest absolute Gasteiger partial charge is 0.316 e. The quantitative estimate of drug-likeness (QED) is 0.901. The van der Waals surface area contributed by atoms with Crippen LogP contribution in [0, 0.1) is 0 Å². The zero-order valence-corrected chi connectivity index (χ0v) is 10.9. The Morgan fingerprint density at radius 1 is 1.39 bits per heavy atom. The summed E-state index contributed by atoms with van der Waals surface area (Å²) in [6.07, 6.45) is 6.57. The first-order valence-corrected chi connectivity index (χ1v) is 6.72. The third-order valence-electron chi connectivity index (χ3n) is 3.44. The first-order chi connectivity index (χ1) is 8.83. The van der Waals surface area contributed by atoms with Crippen LogP contribution in [0.2, 0.25) is 5.02 Å². The Morgan fingerprint density at radius 3 is 3.11 bits per heavy atom. The fourth-order valence-corrected chi connectivity index (χ4v) is 2.63. The second kappa shape index (κ2) is 5.12. The van der Waals surface area contributed by atoms with Crippen molar-refractivity contribution in [3.05, 3.63) is 47.2 Å². The molecular formula is C14H16ClN3. The number of aromatic nitrogens is 2. The lowest BCUT2D eigenvalue weighted by molar-refractivity contribution is 0.461. The van der Waals surface area contributed by atoms with Crippen LogP contribution in [0.1, 0.15) is 24.3 Å². The van der Waals surface area contributed by atoms with Crippen molar-refractivity contribution in [1.82, 2.24) is 15.1 Å². The van der Waals surface area contributed by atoms with E-state index in [1.165, 1.54) is 18.4 Å². The van der Waals surface area contributed by atoms with Crippen molar-refractivity contribution in [1.29, 1.82) is 0 Å². The predicted octanol–water partition coefficient (Wildman–Crippen LogP) is 2.99. The Bertz CT molecular complexity index is 529. The van der Waals surface area contributed by atoms with Gasteiger partial charge in [0.25, 0.3) is 0 Å². The van der Waals surface area contributed by atoms with Crippen LogP contribution in [0.3, 0.4) is 0 Å². The molecule has 3 rings (SSSR count). The fourth-order valence-electron chi connectivity index (χ4n) is 2.44. The van der Waals surface area contributed by atoms with Gasteiger partial charge in [-0.05, 0) is 49.1 Å². The Hall–Kier alpha value is -1.32. The fraction of sp³-hybridized carbons (Fsp3) is 0.357. The average molecular weight is 262 g/mol. The smallest absolute Gasteiger partial charge is 0.0660 e. The van der Waals surface area contributed by atoms with Crippen molar-refractivity contribution in [2.75, 3.05) is 13.1 Å². The zero-order valence-electron chi connectivity index (χ0n) is 10.1. The van der Waals surface area contributed by atoms with Crippen molar-refractivity contribution in [3.63, 3.8) is 0 Å². The van der Waals surface area contributed by atoms with Crippen molar-refractivity contribution in [3.8, 4) is 5.69 Å². The predicted molar refractivity (Wildman–Crippen MR) is 73.4 cm³/mol. The molecule has 1 N–H and O–H groups in total. The molecule has 1 aliphatic heterocycles. The van der Waals surface area contributed by atoms with Crippen LogP contribution in [0.15, 0.2) is 36.7 Å². The maximum atomic E-state index is 6.00. The molecule has 1 saturated heterocycles. The Labute approximate surface area is 112 Å². The van der Waals surface area contributed by atoms with E-state index in [2.05, 4.69) is 16.6 Å². The molecule has 0 spiro atoms. The van der Waals surface area contributed by atoms with E-state index < -0.39 is 0 Å². The maximum Gasteiger partial charge on any atom is 0.0660 e. The van der Waals surface area contributed by atoms with Crippen LogP contribution in [0.4, 0.5) is 0 Å². The van der Waals surface area contributed by atoms with E-state index in [4.69, 9.17) is 11.6 Å².